The van der Waals surface area contributed by atoms with Gasteiger partial charge in [-0.3, -0.25) is 14.6 Å². The average molecular weight is 423 g/mol. The van der Waals surface area contributed by atoms with Gasteiger partial charge in [0.25, 0.3) is 11.5 Å². The van der Waals surface area contributed by atoms with E-state index in [0.717, 1.165) is 17.0 Å². The number of hydrogen-bond acceptors (Lipinski definition) is 3. The Balaban J connectivity index is 1.82. The number of aromatic amines is 1. The second-order valence-corrected chi connectivity index (χ2v) is 6.89. The van der Waals surface area contributed by atoms with Gasteiger partial charge in [-0.05, 0) is 53.4 Å². The number of para-hydroxylation sites is 1. The molecule has 8 heteroatoms. The van der Waals surface area contributed by atoms with Crippen LogP contribution < -0.4 is 10.5 Å². The average Bonchev–Trinajstić information content (AvgIpc) is 2.77. The van der Waals surface area contributed by atoms with E-state index in [0.29, 0.717) is 16.5 Å². The number of pyridine rings is 2. The van der Waals surface area contributed by atoms with Gasteiger partial charge in [0.2, 0.25) is 0 Å². The normalized spacial score (nSPS) is 11.5. The van der Waals surface area contributed by atoms with Crippen molar-refractivity contribution in [2.45, 2.75) is 12.7 Å². The summed E-state index contributed by atoms with van der Waals surface area (Å²) in [4.78, 5) is 33.7. The van der Waals surface area contributed by atoms with Crippen molar-refractivity contribution in [1.29, 1.82) is 0 Å². The molecule has 0 saturated heterocycles. The zero-order valence-electron chi connectivity index (χ0n) is 16.1. The number of aromatic nitrogens is 2. The van der Waals surface area contributed by atoms with Crippen LogP contribution in [-0.4, -0.2) is 15.9 Å². The third kappa shape index (κ3) is 4.32. The Labute approximate surface area is 174 Å². The number of H-pyrrole nitrogens is 1. The monoisotopic (exact) mass is 423 g/mol. The first-order valence-electron chi connectivity index (χ1n) is 9.33. The lowest BCUT2D eigenvalue weighted by molar-refractivity contribution is -0.137. The Morgan fingerprint density at radius 3 is 2.45 bits per heavy atom. The molecule has 0 bridgehead atoms. The maximum Gasteiger partial charge on any atom is 0.416 e. The Kier molecular flexibility index (Phi) is 5.29. The molecule has 0 aliphatic carbocycles. The summed E-state index contributed by atoms with van der Waals surface area (Å²) in [6, 6.07) is 16.2. The fraction of sp³-hybridized carbons (Fsp3) is 0.0870. The highest BCUT2D eigenvalue weighted by atomic mass is 19.4. The number of carbonyl (C=O) groups excluding carboxylic acids is 1. The van der Waals surface area contributed by atoms with Gasteiger partial charge < -0.3 is 9.88 Å². The van der Waals surface area contributed by atoms with E-state index in [1.165, 1.54) is 30.6 Å². The van der Waals surface area contributed by atoms with Gasteiger partial charge >= 0.3 is 6.18 Å². The van der Waals surface area contributed by atoms with Gasteiger partial charge in [-0.2, -0.15) is 13.2 Å². The first-order valence-corrected chi connectivity index (χ1v) is 9.33. The molecule has 4 rings (SSSR count). The molecule has 0 fully saturated rings. The summed E-state index contributed by atoms with van der Waals surface area (Å²) < 4.78 is 39.8. The fourth-order valence-corrected chi connectivity index (χ4v) is 3.25. The van der Waals surface area contributed by atoms with Gasteiger partial charge in [0.15, 0.2) is 0 Å². The summed E-state index contributed by atoms with van der Waals surface area (Å²) in [5.74, 6) is -0.705. The van der Waals surface area contributed by atoms with Crippen LogP contribution in [0, 0.1) is 0 Å². The second kappa shape index (κ2) is 8.06. The molecule has 1 amide bonds. The van der Waals surface area contributed by atoms with Crippen molar-refractivity contribution >= 4 is 22.5 Å². The number of anilines is 1. The zero-order chi connectivity index (χ0) is 22.0. The highest BCUT2D eigenvalue weighted by molar-refractivity contribution is 6.07. The number of hydrogen-bond donors (Lipinski definition) is 1. The van der Waals surface area contributed by atoms with Crippen LogP contribution in [0.25, 0.3) is 10.9 Å². The topological polar surface area (TPSA) is 66.1 Å². The van der Waals surface area contributed by atoms with E-state index in [1.807, 2.05) is 0 Å². The Hall–Kier alpha value is -3.94. The predicted molar refractivity (Wildman–Crippen MR) is 111 cm³/mol. The van der Waals surface area contributed by atoms with Gasteiger partial charge in [0.1, 0.15) is 5.56 Å². The fourth-order valence-electron chi connectivity index (χ4n) is 3.25. The Bertz CT molecular complexity index is 1300. The minimum Gasteiger partial charge on any atom is -0.321 e. The zero-order valence-corrected chi connectivity index (χ0v) is 16.1. The van der Waals surface area contributed by atoms with Gasteiger partial charge in [-0.25, -0.2) is 0 Å². The van der Waals surface area contributed by atoms with Crippen LogP contribution in [0.4, 0.5) is 18.9 Å². The number of nitrogens with zero attached hydrogens (tertiary/aromatic N) is 2. The molecule has 0 radical (unpaired) electrons. The quantitative estimate of drug-likeness (QED) is 0.513. The smallest absolute Gasteiger partial charge is 0.321 e. The van der Waals surface area contributed by atoms with Gasteiger partial charge in [0, 0.05) is 23.6 Å². The Morgan fingerprint density at radius 1 is 0.968 bits per heavy atom. The van der Waals surface area contributed by atoms with Crippen LogP contribution >= 0.6 is 0 Å². The molecule has 156 valence electrons. The van der Waals surface area contributed by atoms with Crippen molar-refractivity contribution in [2.24, 2.45) is 0 Å². The molecule has 2 heterocycles. The number of fused-ring (bicyclic) bond motifs is 1. The molecule has 0 atom stereocenters. The van der Waals surface area contributed by atoms with Crippen molar-refractivity contribution in [3.05, 3.63) is 106 Å². The minimum atomic E-state index is -4.57. The lowest BCUT2D eigenvalue weighted by atomic mass is 10.1. The van der Waals surface area contributed by atoms with E-state index in [9.17, 15) is 22.8 Å². The first-order chi connectivity index (χ1) is 14.8. The number of alkyl halides is 3. The van der Waals surface area contributed by atoms with Crippen LogP contribution in [0.5, 0.6) is 0 Å². The SMILES string of the molecule is O=C(c1cc2ccccc2[nH]c1=O)N(Cc1ccncc1)c1cccc(C(F)(F)F)c1. The summed E-state index contributed by atoms with van der Waals surface area (Å²) in [6.45, 7) is -0.0328. The molecule has 0 unspecified atom stereocenters. The van der Waals surface area contributed by atoms with Crippen LogP contribution in [0.1, 0.15) is 21.5 Å². The third-order valence-electron chi connectivity index (χ3n) is 4.80. The molecular formula is C23H16F3N3O2. The second-order valence-electron chi connectivity index (χ2n) is 6.89. The highest BCUT2D eigenvalue weighted by Crippen LogP contribution is 2.32. The predicted octanol–water partition coefficient (Wildman–Crippen LogP) is 4.79. The van der Waals surface area contributed by atoms with E-state index >= 15 is 0 Å². The van der Waals surface area contributed by atoms with Crippen LogP contribution in [0.3, 0.4) is 0 Å². The van der Waals surface area contributed by atoms with E-state index < -0.39 is 23.2 Å². The summed E-state index contributed by atoms with van der Waals surface area (Å²) >= 11 is 0. The van der Waals surface area contributed by atoms with E-state index in [2.05, 4.69) is 9.97 Å². The van der Waals surface area contributed by atoms with Crippen molar-refractivity contribution < 1.29 is 18.0 Å². The van der Waals surface area contributed by atoms with Gasteiger partial charge in [-0.15, -0.1) is 0 Å². The largest absolute Gasteiger partial charge is 0.416 e. The summed E-state index contributed by atoms with van der Waals surface area (Å²) in [7, 11) is 0. The number of benzene rings is 2. The summed E-state index contributed by atoms with van der Waals surface area (Å²) in [5.41, 5.74) is -0.420. The van der Waals surface area contributed by atoms with Crippen LogP contribution in [-0.2, 0) is 12.7 Å². The maximum atomic E-state index is 13.4. The number of amides is 1. The van der Waals surface area contributed by atoms with Crippen LogP contribution in [0.15, 0.2) is 83.9 Å². The molecule has 0 aliphatic rings. The molecule has 0 aliphatic heterocycles. The van der Waals surface area contributed by atoms with Crippen molar-refractivity contribution in [2.75, 3.05) is 4.90 Å². The van der Waals surface area contributed by atoms with Crippen molar-refractivity contribution in [1.82, 2.24) is 9.97 Å². The molecule has 4 aromatic rings. The number of carbonyl (C=O) groups is 1. The molecular weight excluding hydrogens is 407 g/mol. The molecule has 2 aromatic carbocycles. The third-order valence-corrected chi connectivity index (χ3v) is 4.80. The highest BCUT2D eigenvalue weighted by Gasteiger charge is 2.31. The van der Waals surface area contributed by atoms with Gasteiger partial charge in [-0.1, -0.05) is 24.3 Å². The lowest BCUT2D eigenvalue weighted by Gasteiger charge is -2.24. The van der Waals surface area contributed by atoms with E-state index in [1.54, 1.807) is 36.4 Å². The maximum absolute atomic E-state index is 13.4. The number of nitrogens with one attached hydrogen (secondary N) is 1. The molecule has 31 heavy (non-hydrogen) atoms. The van der Waals surface area contributed by atoms with E-state index in [4.69, 9.17) is 0 Å². The van der Waals surface area contributed by atoms with Crippen molar-refractivity contribution in [3.63, 3.8) is 0 Å². The minimum absolute atomic E-state index is 0.0317. The number of halogens is 3. The molecule has 2 aromatic heterocycles. The van der Waals surface area contributed by atoms with E-state index in [-0.39, 0.29) is 17.8 Å². The summed E-state index contributed by atoms with van der Waals surface area (Å²) in [5, 5.41) is 0.637. The van der Waals surface area contributed by atoms with Crippen LogP contribution in [0.2, 0.25) is 0 Å². The van der Waals surface area contributed by atoms with Crippen molar-refractivity contribution in [3.8, 4) is 0 Å². The first kappa shape index (κ1) is 20.3. The standard InChI is InChI=1S/C23H16F3N3O2/c24-23(25,26)17-5-3-6-18(13-17)29(14-15-8-10-27-11-9-15)22(31)19-12-16-4-1-2-7-20(16)28-21(19)30/h1-13H,14H2,(H,28,30). The van der Waals surface area contributed by atoms with Gasteiger partial charge in [0.05, 0.1) is 12.1 Å². The summed E-state index contributed by atoms with van der Waals surface area (Å²) in [6.07, 6.45) is -1.53. The number of rotatable bonds is 4. The Morgan fingerprint density at radius 2 is 1.71 bits per heavy atom. The molecule has 1 N–H and O–H groups in total. The molecule has 5 nitrogen and oxygen atoms in total. The lowest BCUT2D eigenvalue weighted by Crippen LogP contribution is -2.34. The molecule has 0 saturated carbocycles. The molecule has 0 spiro atoms.